The first-order chi connectivity index (χ1) is 9.36. The molecule has 2 aromatic rings. The van der Waals surface area contributed by atoms with E-state index in [1.54, 1.807) is 11.3 Å². The minimum absolute atomic E-state index is 0.345. The molecule has 1 aliphatic heterocycles. The molecule has 2 heterocycles. The highest BCUT2D eigenvalue weighted by atomic mass is 32.1. The van der Waals surface area contributed by atoms with Gasteiger partial charge in [0.25, 0.3) is 0 Å². The summed E-state index contributed by atoms with van der Waals surface area (Å²) in [6.45, 7) is 4.88. The lowest BCUT2D eigenvalue weighted by molar-refractivity contribution is 0.0384. The van der Waals surface area contributed by atoms with E-state index in [1.165, 1.54) is 10.4 Å². The molecule has 1 saturated heterocycles. The molecule has 4 heteroatoms. The van der Waals surface area contributed by atoms with E-state index in [2.05, 4.69) is 41.1 Å². The standard InChI is InChI=1S/C15H18N2OS/c1-2-13-11-17(8-9-18-13)15-16-10-14(19-15)12-6-4-3-5-7-12/h3-7,10,13H,2,8-9,11H2,1H3. The number of benzene rings is 1. The fraction of sp³-hybridized carbons (Fsp3) is 0.400. The van der Waals surface area contributed by atoms with E-state index in [1.807, 2.05) is 12.3 Å². The van der Waals surface area contributed by atoms with E-state index in [0.717, 1.165) is 31.2 Å². The summed E-state index contributed by atoms with van der Waals surface area (Å²) in [5, 5.41) is 1.11. The van der Waals surface area contributed by atoms with Crippen LogP contribution >= 0.6 is 11.3 Å². The Morgan fingerprint density at radius 1 is 1.37 bits per heavy atom. The second-order valence-corrected chi connectivity index (χ2v) is 5.73. The summed E-state index contributed by atoms with van der Waals surface area (Å²) in [4.78, 5) is 8.15. The van der Waals surface area contributed by atoms with E-state index in [-0.39, 0.29) is 0 Å². The van der Waals surface area contributed by atoms with Crippen LogP contribution in [0.1, 0.15) is 13.3 Å². The third-order valence-corrected chi connectivity index (χ3v) is 4.52. The molecule has 3 nitrogen and oxygen atoms in total. The Hall–Kier alpha value is -1.39. The molecule has 0 amide bonds. The van der Waals surface area contributed by atoms with Crippen molar-refractivity contribution in [2.45, 2.75) is 19.4 Å². The predicted octanol–water partition coefficient (Wildman–Crippen LogP) is 3.43. The number of morpholine rings is 1. The van der Waals surface area contributed by atoms with Crippen LogP contribution in [0.5, 0.6) is 0 Å². The maximum atomic E-state index is 5.71. The van der Waals surface area contributed by atoms with E-state index in [9.17, 15) is 0 Å². The molecule has 1 aromatic carbocycles. The highest BCUT2D eigenvalue weighted by Gasteiger charge is 2.21. The maximum absolute atomic E-state index is 5.71. The van der Waals surface area contributed by atoms with Crippen LogP contribution in [-0.2, 0) is 4.74 Å². The van der Waals surface area contributed by atoms with Crippen LogP contribution in [0.15, 0.2) is 36.5 Å². The van der Waals surface area contributed by atoms with Gasteiger partial charge in [-0.3, -0.25) is 0 Å². The minimum atomic E-state index is 0.345. The number of anilines is 1. The molecule has 1 aromatic heterocycles. The van der Waals surface area contributed by atoms with Crippen molar-refractivity contribution in [2.75, 3.05) is 24.6 Å². The molecule has 1 atom stereocenters. The lowest BCUT2D eigenvalue weighted by Crippen LogP contribution is -2.42. The largest absolute Gasteiger partial charge is 0.375 e. The highest BCUT2D eigenvalue weighted by molar-refractivity contribution is 7.18. The second-order valence-electron chi connectivity index (χ2n) is 4.72. The first-order valence-corrected chi connectivity index (χ1v) is 7.56. The van der Waals surface area contributed by atoms with Crippen molar-refractivity contribution in [1.29, 1.82) is 0 Å². The molecule has 1 unspecified atom stereocenters. The quantitative estimate of drug-likeness (QED) is 0.857. The molecule has 3 rings (SSSR count). The van der Waals surface area contributed by atoms with Crippen LogP contribution in [0, 0.1) is 0 Å². The van der Waals surface area contributed by atoms with Crippen LogP contribution in [0.3, 0.4) is 0 Å². The lowest BCUT2D eigenvalue weighted by Gasteiger charge is -2.32. The summed E-state index contributed by atoms with van der Waals surface area (Å²) in [6.07, 6.45) is 3.39. The molecule has 1 aliphatic rings. The third kappa shape index (κ3) is 2.80. The molecule has 1 fully saturated rings. The number of rotatable bonds is 3. The van der Waals surface area contributed by atoms with E-state index in [4.69, 9.17) is 4.74 Å². The van der Waals surface area contributed by atoms with Crippen molar-refractivity contribution in [3.05, 3.63) is 36.5 Å². The Kier molecular flexibility index (Phi) is 3.80. The summed E-state index contributed by atoms with van der Waals surface area (Å²) in [5.41, 5.74) is 1.24. The van der Waals surface area contributed by atoms with Gasteiger partial charge in [0, 0.05) is 19.3 Å². The topological polar surface area (TPSA) is 25.4 Å². The number of thiazole rings is 1. The average Bonchev–Trinajstić information content (AvgIpc) is 2.98. The second kappa shape index (κ2) is 5.72. The normalized spacial score (nSPS) is 19.6. The van der Waals surface area contributed by atoms with Crippen molar-refractivity contribution in [3.63, 3.8) is 0 Å². The zero-order chi connectivity index (χ0) is 13.1. The van der Waals surface area contributed by atoms with Crippen LogP contribution in [0.4, 0.5) is 5.13 Å². The maximum Gasteiger partial charge on any atom is 0.186 e. The zero-order valence-electron chi connectivity index (χ0n) is 11.1. The highest BCUT2D eigenvalue weighted by Crippen LogP contribution is 2.31. The van der Waals surface area contributed by atoms with Crippen molar-refractivity contribution in [3.8, 4) is 10.4 Å². The van der Waals surface area contributed by atoms with Crippen LogP contribution in [-0.4, -0.2) is 30.8 Å². The Balaban J connectivity index is 1.78. The van der Waals surface area contributed by atoms with Crippen LogP contribution in [0.25, 0.3) is 10.4 Å². The molecule has 0 N–H and O–H groups in total. The predicted molar refractivity (Wildman–Crippen MR) is 79.8 cm³/mol. The van der Waals surface area contributed by atoms with Crippen molar-refractivity contribution in [1.82, 2.24) is 4.98 Å². The molecule has 19 heavy (non-hydrogen) atoms. The monoisotopic (exact) mass is 274 g/mol. The van der Waals surface area contributed by atoms with Gasteiger partial charge < -0.3 is 9.64 Å². The Labute approximate surface area is 117 Å². The Morgan fingerprint density at radius 3 is 3.00 bits per heavy atom. The molecular formula is C15H18N2OS. The summed E-state index contributed by atoms with van der Waals surface area (Å²) in [6, 6.07) is 10.4. The zero-order valence-corrected chi connectivity index (χ0v) is 11.9. The van der Waals surface area contributed by atoms with Crippen molar-refractivity contribution in [2.24, 2.45) is 0 Å². The number of hydrogen-bond donors (Lipinski definition) is 0. The van der Waals surface area contributed by atoms with Crippen LogP contribution in [0.2, 0.25) is 0 Å². The SMILES string of the molecule is CCC1CN(c2ncc(-c3ccccc3)s2)CCO1. The molecule has 0 saturated carbocycles. The summed E-state index contributed by atoms with van der Waals surface area (Å²) in [5.74, 6) is 0. The fourth-order valence-corrected chi connectivity index (χ4v) is 3.24. The van der Waals surface area contributed by atoms with E-state index >= 15 is 0 Å². The number of aromatic nitrogens is 1. The average molecular weight is 274 g/mol. The summed E-state index contributed by atoms with van der Waals surface area (Å²) >= 11 is 1.76. The number of nitrogens with zero attached hydrogens (tertiary/aromatic N) is 2. The van der Waals surface area contributed by atoms with E-state index in [0.29, 0.717) is 6.10 Å². The smallest absolute Gasteiger partial charge is 0.186 e. The molecule has 0 spiro atoms. The van der Waals surface area contributed by atoms with Gasteiger partial charge in [-0.15, -0.1) is 0 Å². The summed E-state index contributed by atoms with van der Waals surface area (Å²) in [7, 11) is 0. The van der Waals surface area contributed by atoms with Gasteiger partial charge in [-0.25, -0.2) is 4.98 Å². The Bertz CT molecular complexity index is 526. The van der Waals surface area contributed by atoms with Crippen LogP contribution < -0.4 is 4.90 Å². The Morgan fingerprint density at radius 2 is 2.21 bits per heavy atom. The van der Waals surface area contributed by atoms with Gasteiger partial charge in [-0.1, -0.05) is 48.6 Å². The molecule has 0 radical (unpaired) electrons. The minimum Gasteiger partial charge on any atom is -0.375 e. The summed E-state index contributed by atoms with van der Waals surface area (Å²) < 4.78 is 5.71. The van der Waals surface area contributed by atoms with Gasteiger partial charge in [0.1, 0.15) is 0 Å². The van der Waals surface area contributed by atoms with Crippen molar-refractivity contribution >= 4 is 16.5 Å². The first kappa shape index (κ1) is 12.6. The van der Waals surface area contributed by atoms with Gasteiger partial charge in [-0.05, 0) is 12.0 Å². The van der Waals surface area contributed by atoms with Crippen molar-refractivity contribution < 1.29 is 4.74 Å². The molecular weight excluding hydrogens is 256 g/mol. The third-order valence-electron chi connectivity index (χ3n) is 3.42. The van der Waals surface area contributed by atoms with Gasteiger partial charge in [0.15, 0.2) is 5.13 Å². The molecule has 0 bridgehead atoms. The van der Waals surface area contributed by atoms with E-state index < -0.39 is 0 Å². The van der Waals surface area contributed by atoms with Gasteiger partial charge in [0.05, 0.1) is 17.6 Å². The number of hydrogen-bond acceptors (Lipinski definition) is 4. The first-order valence-electron chi connectivity index (χ1n) is 6.74. The van der Waals surface area contributed by atoms with Gasteiger partial charge in [-0.2, -0.15) is 0 Å². The lowest BCUT2D eigenvalue weighted by atomic mass is 10.2. The number of ether oxygens (including phenoxy) is 1. The van der Waals surface area contributed by atoms with Gasteiger partial charge >= 0.3 is 0 Å². The molecule has 100 valence electrons. The molecule has 0 aliphatic carbocycles. The van der Waals surface area contributed by atoms with Gasteiger partial charge in [0.2, 0.25) is 0 Å². The fourth-order valence-electron chi connectivity index (χ4n) is 2.29.